The van der Waals surface area contributed by atoms with E-state index in [-0.39, 0.29) is 29.2 Å². The largest absolute Gasteiger partial charge is 0.452 e. The summed E-state index contributed by atoms with van der Waals surface area (Å²) in [7, 11) is -1.52. The summed E-state index contributed by atoms with van der Waals surface area (Å²) in [6, 6.07) is 5.64. The summed E-state index contributed by atoms with van der Waals surface area (Å²) in [6.07, 6.45) is -0.510. The van der Waals surface area contributed by atoms with Crippen molar-refractivity contribution in [2.24, 2.45) is 0 Å². The number of nitrogens with zero attached hydrogens (tertiary/aromatic N) is 1. The zero-order chi connectivity index (χ0) is 19.5. The van der Waals surface area contributed by atoms with Gasteiger partial charge in [-0.3, -0.25) is 9.59 Å². The average Bonchev–Trinajstić information content (AvgIpc) is 2.92. The predicted octanol–water partition coefficient (Wildman–Crippen LogP) is 1.97. The highest BCUT2D eigenvalue weighted by atomic mass is 32.2. The summed E-state index contributed by atoms with van der Waals surface area (Å²) in [5, 5.41) is 0. The van der Waals surface area contributed by atoms with Crippen LogP contribution in [0.3, 0.4) is 0 Å². The first-order valence-corrected chi connectivity index (χ1v) is 11.3. The lowest BCUT2D eigenvalue weighted by Gasteiger charge is -2.26. The molecule has 8 heteroatoms. The summed E-state index contributed by atoms with van der Waals surface area (Å²) in [5.74, 6) is -0.669. The molecule has 1 aliphatic rings. The third-order valence-corrected chi connectivity index (χ3v) is 7.34. The van der Waals surface area contributed by atoms with Crippen LogP contribution in [0.15, 0.2) is 23.1 Å². The highest BCUT2D eigenvalue weighted by molar-refractivity contribution is 8.00. The first kappa shape index (κ1) is 20.8. The predicted molar refractivity (Wildman–Crippen MR) is 102 cm³/mol. The fourth-order valence-corrected chi connectivity index (χ4v) is 5.49. The lowest BCUT2D eigenvalue weighted by molar-refractivity contribution is -0.157. The Balaban J connectivity index is 1.85. The van der Waals surface area contributed by atoms with Crippen LogP contribution in [0, 0.1) is 13.8 Å². The number of likely N-dealkylation sites (N-methyl/N-ethyl adjacent to an activating group) is 1. The molecular formula is C18H25NO5S2. The Kier molecular flexibility index (Phi) is 6.74. The van der Waals surface area contributed by atoms with E-state index >= 15 is 0 Å². The van der Waals surface area contributed by atoms with Crippen molar-refractivity contribution in [1.82, 2.24) is 4.90 Å². The van der Waals surface area contributed by atoms with Crippen molar-refractivity contribution in [1.29, 1.82) is 0 Å². The Hall–Kier alpha value is -1.54. The number of sulfone groups is 1. The maximum Gasteiger partial charge on any atom is 0.317 e. The topological polar surface area (TPSA) is 80.8 Å². The molecule has 1 fully saturated rings. The molecular weight excluding hydrogens is 374 g/mol. The molecule has 0 spiro atoms. The average molecular weight is 400 g/mol. The van der Waals surface area contributed by atoms with Crippen LogP contribution in [0.25, 0.3) is 0 Å². The van der Waals surface area contributed by atoms with E-state index in [2.05, 4.69) is 0 Å². The van der Waals surface area contributed by atoms with Crippen LogP contribution in [0.4, 0.5) is 0 Å². The van der Waals surface area contributed by atoms with Crippen LogP contribution in [-0.2, 0) is 24.2 Å². The Bertz CT molecular complexity index is 791. The summed E-state index contributed by atoms with van der Waals surface area (Å²) in [5.41, 5.74) is 2.25. The van der Waals surface area contributed by atoms with E-state index in [1.807, 2.05) is 32.0 Å². The molecule has 1 amide bonds. The van der Waals surface area contributed by atoms with E-state index in [9.17, 15) is 18.0 Å². The van der Waals surface area contributed by atoms with Crippen LogP contribution in [0.1, 0.15) is 24.5 Å². The van der Waals surface area contributed by atoms with Gasteiger partial charge in [0.15, 0.2) is 15.9 Å². The molecule has 1 heterocycles. The number of amides is 1. The van der Waals surface area contributed by atoms with Gasteiger partial charge in [-0.15, -0.1) is 11.8 Å². The van der Waals surface area contributed by atoms with Crippen molar-refractivity contribution in [3.8, 4) is 0 Å². The highest BCUT2D eigenvalue weighted by Crippen LogP contribution is 2.23. The number of thioether (sulfide) groups is 1. The monoisotopic (exact) mass is 399 g/mol. The Morgan fingerprint density at radius 1 is 1.35 bits per heavy atom. The lowest BCUT2D eigenvalue weighted by Crippen LogP contribution is -2.44. The fourth-order valence-electron chi connectivity index (χ4n) is 2.93. The van der Waals surface area contributed by atoms with Gasteiger partial charge in [0.2, 0.25) is 0 Å². The Morgan fingerprint density at radius 2 is 2.04 bits per heavy atom. The quantitative estimate of drug-likeness (QED) is 0.537. The second-order valence-corrected chi connectivity index (χ2v) is 9.94. The number of aryl methyl sites for hydroxylation is 2. The summed E-state index contributed by atoms with van der Waals surface area (Å²) < 4.78 is 28.3. The zero-order valence-corrected chi connectivity index (χ0v) is 17.2. The third-order valence-electron chi connectivity index (χ3n) is 4.44. The summed E-state index contributed by atoms with van der Waals surface area (Å²) >= 11 is 1.37. The molecule has 1 aromatic carbocycles. The minimum atomic E-state index is -3.07. The summed E-state index contributed by atoms with van der Waals surface area (Å²) in [4.78, 5) is 26.8. The Labute approximate surface area is 159 Å². The minimum Gasteiger partial charge on any atom is -0.452 e. The van der Waals surface area contributed by atoms with Gasteiger partial charge in [0.05, 0.1) is 17.3 Å². The van der Waals surface area contributed by atoms with Crippen molar-refractivity contribution < 1.29 is 22.7 Å². The first-order valence-electron chi connectivity index (χ1n) is 8.45. The molecule has 0 bridgehead atoms. The molecule has 1 aliphatic heterocycles. The van der Waals surface area contributed by atoms with Gasteiger partial charge in [-0.2, -0.15) is 0 Å². The van der Waals surface area contributed by atoms with Gasteiger partial charge in [-0.1, -0.05) is 17.7 Å². The number of rotatable bonds is 6. The van der Waals surface area contributed by atoms with Crippen LogP contribution in [-0.4, -0.2) is 61.6 Å². The molecule has 26 heavy (non-hydrogen) atoms. The summed E-state index contributed by atoms with van der Waals surface area (Å²) in [6.45, 7) is 5.51. The molecule has 0 unspecified atom stereocenters. The van der Waals surface area contributed by atoms with Crippen LogP contribution in [0.2, 0.25) is 0 Å². The molecule has 0 N–H and O–H groups in total. The van der Waals surface area contributed by atoms with Crippen LogP contribution in [0.5, 0.6) is 0 Å². The number of carbonyl (C=O) groups excluding carboxylic acids is 2. The van der Waals surface area contributed by atoms with Crippen LogP contribution < -0.4 is 0 Å². The molecule has 0 aliphatic carbocycles. The number of ether oxygens (including phenoxy) is 1. The van der Waals surface area contributed by atoms with Crippen molar-refractivity contribution in [3.05, 3.63) is 29.3 Å². The molecule has 1 saturated heterocycles. The van der Waals surface area contributed by atoms with Gasteiger partial charge < -0.3 is 9.64 Å². The molecule has 2 atom stereocenters. The van der Waals surface area contributed by atoms with Crippen molar-refractivity contribution in [3.63, 3.8) is 0 Å². The van der Waals surface area contributed by atoms with Gasteiger partial charge in [0, 0.05) is 18.0 Å². The normalized spacial score (nSPS) is 19.8. The number of benzene rings is 1. The van der Waals surface area contributed by atoms with Gasteiger partial charge in [-0.05, 0) is 38.8 Å². The van der Waals surface area contributed by atoms with Crippen LogP contribution >= 0.6 is 11.8 Å². The second kappa shape index (κ2) is 8.43. The SMILES string of the molecule is Cc1ccc(SCC(=O)O[C@H](C)C(=O)N(C)[C@@H]2CCS(=O)(=O)C2)c(C)c1. The van der Waals surface area contributed by atoms with E-state index in [1.165, 1.54) is 23.6 Å². The molecule has 2 rings (SSSR count). The van der Waals surface area contributed by atoms with E-state index in [1.54, 1.807) is 7.05 Å². The highest BCUT2D eigenvalue weighted by Gasteiger charge is 2.34. The number of hydrogen-bond acceptors (Lipinski definition) is 6. The van der Waals surface area contributed by atoms with E-state index < -0.39 is 21.9 Å². The van der Waals surface area contributed by atoms with E-state index in [4.69, 9.17) is 4.74 Å². The second-order valence-electron chi connectivity index (χ2n) is 6.70. The van der Waals surface area contributed by atoms with Crippen molar-refractivity contribution >= 4 is 33.5 Å². The number of hydrogen-bond donors (Lipinski definition) is 0. The fraction of sp³-hybridized carbons (Fsp3) is 0.556. The first-order chi connectivity index (χ1) is 12.1. The van der Waals surface area contributed by atoms with Gasteiger partial charge in [0.1, 0.15) is 0 Å². The molecule has 0 radical (unpaired) electrons. The molecule has 1 aromatic rings. The zero-order valence-electron chi connectivity index (χ0n) is 15.5. The molecule has 6 nitrogen and oxygen atoms in total. The molecule has 0 aromatic heterocycles. The number of esters is 1. The smallest absolute Gasteiger partial charge is 0.317 e. The van der Waals surface area contributed by atoms with E-state index in [0.717, 1.165) is 16.0 Å². The van der Waals surface area contributed by atoms with Gasteiger partial charge in [0.25, 0.3) is 5.91 Å². The Morgan fingerprint density at radius 3 is 2.62 bits per heavy atom. The minimum absolute atomic E-state index is 0.0293. The van der Waals surface area contributed by atoms with Crippen molar-refractivity contribution in [2.75, 3.05) is 24.3 Å². The van der Waals surface area contributed by atoms with Gasteiger partial charge >= 0.3 is 5.97 Å². The van der Waals surface area contributed by atoms with Gasteiger partial charge in [-0.25, -0.2) is 8.42 Å². The third kappa shape index (κ3) is 5.48. The number of carbonyl (C=O) groups is 2. The lowest BCUT2D eigenvalue weighted by atomic mass is 10.2. The maximum atomic E-state index is 12.4. The standard InChI is InChI=1S/C18H25NO5S2/c1-12-5-6-16(13(2)9-12)25-10-17(20)24-14(3)18(21)19(4)15-7-8-26(22,23)11-15/h5-6,9,14-15H,7-8,10-11H2,1-4H3/t14-,15-/m1/s1. The van der Waals surface area contributed by atoms with E-state index in [0.29, 0.717) is 6.42 Å². The molecule has 0 saturated carbocycles. The molecule has 144 valence electrons. The van der Waals surface area contributed by atoms with Crippen molar-refractivity contribution in [2.45, 2.75) is 44.2 Å². The maximum absolute atomic E-state index is 12.4.